The van der Waals surface area contributed by atoms with Gasteiger partial charge in [-0.15, -0.1) is 0 Å². The van der Waals surface area contributed by atoms with Crippen LogP contribution in [-0.4, -0.2) is 42.9 Å². The molecule has 0 aliphatic carbocycles. The molecule has 0 aliphatic rings. The zero-order valence-corrected chi connectivity index (χ0v) is 13.4. The van der Waals surface area contributed by atoms with Crippen LogP contribution in [0.25, 0.3) is 0 Å². The van der Waals surface area contributed by atoms with Crippen LogP contribution < -0.4 is 5.73 Å². The number of carbonyl (C=O) groups is 1. The maximum Gasteiger partial charge on any atom is 0.236 e. The summed E-state index contributed by atoms with van der Waals surface area (Å²) in [6.45, 7) is 4.20. The Hall–Kier alpha value is -1.07. The minimum absolute atomic E-state index is 0.125. The molecule has 1 aromatic rings. The highest BCUT2D eigenvalue weighted by atomic mass is 79.9. The quantitative estimate of drug-likeness (QED) is 0.816. The summed E-state index contributed by atoms with van der Waals surface area (Å²) in [6.07, 6.45) is 1.02. The number of anilines is 1. The van der Waals surface area contributed by atoms with Crippen LogP contribution in [-0.2, 0) is 11.3 Å². The maximum atomic E-state index is 11.8. The molecule has 0 saturated heterocycles. The average Bonchev–Trinajstić information content (AvgIpc) is 2.32. The number of hydrogen-bond acceptors (Lipinski definition) is 3. The fourth-order valence-corrected chi connectivity index (χ4v) is 2.32. The first-order chi connectivity index (χ1) is 8.93. The number of rotatable bonds is 6. The van der Waals surface area contributed by atoms with Gasteiger partial charge in [-0.25, -0.2) is 0 Å². The lowest BCUT2D eigenvalue weighted by Gasteiger charge is -2.23. The van der Waals surface area contributed by atoms with Crippen molar-refractivity contribution in [1.82, 2.24) is 9.80 Å². The van der Waals surface area contributed by atoms with Crippen molar-refractivity contribution in [2.24, 2.45) is 0 Å². The number of nitrogens with zero attached hydrogens (tertiary/aromatic N) is 2. The van der Waals surface area contributed by atoms with Gasteiger partial charge >= 0.3 is 0 Å². The van der Waals surface area contributed by atoms with E-state index in [0.29, 0.717) is 6.54 Å². The first kappa shape index (κ1) is 16.0. The molecule has 1 amide bonds. The number of likely N-dealkylation sites (N-methyl/N-ethyl adjacent to an activating group) is 1. The average molecular weight is 328 g/mol. The smallest absolute Gasteiger partial charge is 0.236 e. The van der Waals surface area contributed by atoms with E-state index in [-0.39, 0.29) is 5.91 Å². The van der Waals surface area contributed by atoms with Crippen LogP contribution in [0.5, 0.6) is 0 Å². The SMILES string of the molecule is CCCN(CC(=O)N(C)C)Cc1ccc(N)cc1Br. The van der Waals surface area contributed by atoms with Crippen LogP contribution in [0, 0.1) is 0 Å². The zero-order chi connectivity index (χ0) is 14.4. The Morgan fingerprint density at radius 1 is 1.37 bits per heavy atom. The Balaban J connectivity index is 2.74. The van der Waals surface area contributed by atoms with Gasteiger partial charge in [0.15, 0.2) is 0 Å². The first-order valence-corrected chi connectivity index (χ1v) is 7.19. The molecular weight excluding hydrogens is 306 g/mol. The molecular formula is C14H22BrN3O. The van der Waals surface area contributed by atoms with E-state index < -0.39 is 0 Å². The topological polar surface area (TPSA) is 49.6 Å². The molecule has 1 aromatic carbocycles. The van der Waals surface area contributed by atoms with Gasteiger partial charge in [0.05, 0.1) is 6.54 Å². The number of carbonyl (C=O) groups excluding carboxylic acids is 1. The third-order valence-electron chi connectivity index (χ3n) is 2.87. The molecule has 19 heavy (non-hydrogen) atoms. The van der Waals surface area contributed by atoms with Crippen molar-refractivity contribution in [1.29, 1.82) is 0 Å². The van der Waals surface area contributed by atoms with E-state index in [1.165, 1.54) is 0 Å². The number of halogens is 1. The molecule has 0 atom stereocenters. The van der Waals surface area contributed by atoms with Gasteiger partial charge in [-0.2, -0.15) is 0 Å². The Kier molecular flexibility index (Phi) is 6.31. The van der Waals surface area contributed by atoms with E-state index in [1.807, 2.05) is 18.2 Å². The number of amides is 1. The minimum atomic E-state index is 0.125. The Morgan fingerprint density at radius 3 is 2.58 bits per heavy atom. The highest BCUT2D eigenvalue weighted by Crippen LogP contribution is 2.21. The summed E-state index contributed by atoms with van der Waals surface area (Å²) in [5.41, 5.74) is 7.62. The van der Waals surface area contributed by atoms with Crippen LogP contribution in [0.15, 0.2) is 22.7 Å². The summed E-state index contributed by atoms with van der Waals surface area (Å²) in [6, 6.07) is 5.79. The molecule has 2 N–H and O–H groups in total. The summed E-state index contributed by atoms with van der Waals surface area (Å²) in [7, 11) is 3.57. The van der Waals surface area contributed by atoms with E-state index in [1.54, 1.807) is 19.0 Å². The van der Waals surface area contributed by atoms with E-state index in [0.717, 1.165) is 35.2 Å². The molecule has 0 unspecified atom stereocenters. The first-order valence-electron chi connectivity index (χ1n) is 6.40. The zero-order valence-electron chi connectivity index (χ0n) is 11.8. The van der Waals surface area contributed by atoms with Crippen molar-refractivity contribution in [2.75, 3.05) is 32.9 Å². The minimum Gasteiger partial charge on any atom is -0.399 e. The molecule has 4 nitrogen and oxygen atoms in total. The Morgan fingerprint density at radius 2 is 2.05 bits per heavy atom. The highest BCUT2D eigenvalue weighted by molar-refractivity contribution is 9.10. The molecule has 5 heteroatoms. The summed E-state index contributed by atoms with van der Waals surface area (Å²) in [4.78, 5) is 15.6. The van der Waals surface area contributed by atoms with Crippen LogP contribution in [0.1, 0.15) is 18.9 Å². The third-order valence-corrected chi connectivity index (χ3v) is 3.61. The van der Waals surface area contributed by atoms with Crippen LogP contribution >= 0.6 is 15.9 Å². The van der Waals surface area contributed by atoms with Crippen molar-refractivity contribution >= 4 is 27.5 Å². The van der Waals surface area contributed by atoms with E-state index in [4.69, 9.17) is 5.73 Å². The van der Waals surface area contributed by atoms with Crippen LogP contribution in [0.3, 0.4) is 0 Å². The van der Waals surface area contributed by atoms with Gasteiger partial charge in [0.1, 0.15) is 0 Å². The monoisotopic (exact) mass is 327 g/mol. The van der Waals surface area contributed by atoms with E-state index >= 15 is 0 Å². The molecule has 106 valence electrons. The standard InChI is InChI=1S/C14H22BrN3O/c1-4-7-18(10-14(19)17(2)3)9-11-5-6-12(16)8-13(11)15/h5-6,8H,4,7,9-10,16H2,1-3H3. The van der Waals surface area contributed by atoms with Crippen LogP contribution in [0.4, 0.5) is 5.69 Å². The molecule has 1 rings (SSSR count). The second-order valence-corrected chi connectivity index (χ2v) is 5.70. The lowest BCUT2D eigenvalue weighted by atomic mass is 10.2. The summed E-state index contributed by atoms with van der Waals surface area (Å²) in [5.74, 6) is 0.125. The lowest BCUT2D eigenvalue weighted by Crippen LogP contribution is -2.36. The number of hydrogen-bond donors (Lipinski definition) is 1. The van der Waals surface area contributed by atoms with Gasteiger partial charge in [0.25, 0.3) is 0 Å². The molecule has 0 radical (unpaired) electrons. The van der Waals surface area contributed by atoms with Gasteiger partial charge in [0.2, 0.25) is 5.91 Å². The number of nitrogen functional groups attached to an aromatic ring is 1. The van der Waals surface area contributed by atoms with E-state index in [2.05, 4.69) is 27.8 Å². The van der Waals surface area contributed by atoms with Crippen molar-refractivity contribution in [3.63, 3.8) is 0 Å². The molecule has 0 bridgehead atoms. The fraction of sp³-hybridized carbons (Fsp3) is 0.500. The highest BCUT2D eigenvalue weighted by Gasteiger charge is 2.13. The molecule has 0 saturated carbocycles. The van der Waals surface area contributed by atoms with Crippen molar-refractivity contribution in [2.45, 2.75) is 19.9 Å². The fourth-order valence-electron chi connectivity index (χ4n) is 1.80. The van der Waals surface area contributed by atoms with Crippen LogP contribution in [0.2, 0.25) is 0 Å². The second kappa shape index (κ2) is 7.50. The van der Waals surface area contributed by atoms with Crippen molar-refractivity contribution in [3.8, 4) is 0 Å². The van der Waals surface area contributed by atoms with Gasteiger partial charge in [-0.1, -0.05) is 28.9 Å². The lowest BCUT2D eigenvalue weighted by molar-refractivity contribution is -0.130. The molecule has 0 fully saturated rings. The summed E-state index contributed by atoms with van der Waals surface area (Å²) >= 11 is 3.52. The largest absolute Gasteiger partial charge is 0.399 e. The Labute approximate surface area is 123 Å². The molecule has 0 heterocycles. The summed E-state index contributed by atoms with van der Waals surface area (Å²) < 4.78 is 0.992. The summed E-state index contributed by atoms with van der Waals surface area (Å²) in [5, 5.41) is 0. The third kappa shape index (κ3) is 5.20. The van der Waals surface area contributed by atoms with Crippen molar-refractivity contribution in [3.05, 3.63) is 28.2 Å². The number of nitrogens with two attached hydrogens (primary N) is 1. The number of benzene rings is 1. The second-order valence-electron chi connectivity index (χ2n) is 4.85. The van der Waals surface area contributed by atoms with Gasteiger partial charge in [-0.3, -0.25) is 9.69 Å². The predicted octanol–water partition coefficient (Wildman–Crippen LogP) is 2.33. The maximum absolute atomic E-state index is 11.8. The molecule has 0 aromatic heterocycles. The Bertz CT molecular complexity index is 435. The van der Waals surface area contributed by atoms with Gasteiger partial charge in [-0.05, 0) is 30.7 Å². The molecule has 0 aliphatic heterocycles. The van der Waals surface area contributed by atoms with Gasteiger partial charge < -0.3 is 10.6 Å². The van der Waals surface area contributed by atoms with E-state index in [9.17, 15) is 4.79 Å². The predicted molar refractivity (Wildman–Crippen MR) is 82.8 cm³/mol. The normalized spacial score (nSPS) is 10.8. The van der Waals surface area contributed by atoms with Gasteiger partial charge in [0, 0.05) is 30.8 Å². The molecule has 0 spiro atoms. The van der Waals surface area contributed by atoms with Crippen molar-refractivity contribution < 1.29 is 4.79 Å².